The third kappa shape index (κ3) is 573. The van der Waals surface area contributed by atoms with Crippen LogP contribution in [0.1, 0.15) is 0 Å². The fraction of sp³-hybridized carbons (Fsp3) is 0. The van der Waals surface area contributed by atoms with Crippen LogP contribution in [0, 0.1) is 0 Å². The molecule has 0 aromatic carbocycles. The maximum absolute atomic E-state index is 7.00. The van der Waals surface area contributed by atoms with Crippen LogP contribution in [0.25, 0.3) is 0 Å². The summed E-state index contributed by atoms with van der Waals surface area (Å²) in [6, 6.07) is 0. The Labute approximate surface area is 24.5 Å². The van der Waals surface area contributed by atoms with Crippen LogP contribution in [0.4, 0.5) is 0 Å². The lowest BCUT2D eigenvalue weighted by Crippen LogP contribution is -1.75. The van der Waals surface area contributed by atoms with E-state index in [1.165, 1.54) is 0 Å². The van der Waals surface area contributed by atoms with E-state index in [1.807, 2.05) is 0 Å². The Bertz CT molecular complexity index is 3.25. The highest BCUT2D eigenvalue weighted by atomic mass is 16.4. The summed E-state index contributed by atoms with van der Waals surface area (Å²) < 4.78 is 0. The van der Waals surface area contributed by atoms with Gasteiger partial charge in [-0.25, -0.2) is 0 Å². The van der Waals surface area contributed by atoms with Crippen molar-refractivity contribution in [1.29, 1.82) is 0 Å². The van der Waals surface area contributed by atoms with Crippen LogP contribution in [0.2, 0.25) is 0 Å². The minimum atomic E-state index is 0. The standard InChI is InChI=1S/BH2O2.H2O/c2-1-3;/h2-3H;1H2. The zero-order valence-electron chi connectivity index (χ0n) is 1.97. The summed E-state index contributed by atoms with van der Waals surface area (Å²) >= 11 is 0. The van der Waals surface area contributed by atoms with Gasteiger partial charge in [-0.2, -0.15) is 0 Å². The molecule has 1 radical (unpaired) electrons. The predicted molar refractivity (Wildman–Crippen MR) is 13.8 cm³/mol. The molecule has 0 heterocycles. The highest BCUT2D eigenvalue weighted by Gasteiger charge is 1.51. The molecule has 25 valence electrons. The topological polar surface area (TPSA) is 72.0 Å². The molecular formula is H4BO3. The summed E-state index contributed by atoms with van der Waals surface area (Å²) in [5.74, 6) is 0. The molecule has 4 heteroatoms. The van der Waals surface area contributed by atoms with E-state index in [-0.39, 0.29) is 13.2 Å². The quantitative estimate of drug-likeness (QED) is 0.310. The molecule has 0 saturated carbocycles. The molecule has 0 aliphatic rings. The SMILES string of the molecule is O.O[B]O. The van der Waals surface area contributed by atoms with Crippen molar-refractivity contribution in [3.05, 3.63) is 0 Å². The third-order valence-corrected chi connectivity index (χ3v) is 0. The van der Waals surface area contributed by atoms with E-state index < -0.39 is 0 Å². The van der Waals surface area contributed by atoms with E-state index in [0.29, 0.717) is 0 Å². The van der Waals surface area contributed by atoms with Crippen molar-refractivity contribution < 1.29 is 15.5 Å². The molecule has 0 saturated heterocycles. The molecule has 3 nitrogen and oxygen atoms in total. The van der Waals surface area contributed by atoms with E-state index in [4.69, 9.17) is 10.0 Å². The van der Waals surface area contributed by atoms with Crippen LogP contribution in [-0.2, 0) is 0 Å². The molecule has 0 amide bonds. The number of hydrogen-bond donors (Lipinski definition) is 2. The van der Waals surface area contributed by atoms with Crippen LogP contribution < -0.4 is 0 Å². The minimum Gasteiger partial charge on any atom is -0.429 e. The first-order valence-electron chi connectivity index (χ1n) is 0.516. The van der Waals surface area contributed by atoms with Gasteiger partial charge in [-0.1, -0.05) is 0 Å². The molecule has 4 heavy (non-hydrogen) atoms. The van der Waals surface area contributed by atoms with Crippen molar-refractivity contribution >= 4 is 7.69 Å². The van der Waals surface area contributed by atoms with Crippen LogP contribution in [0.3, 0.4) is 0 Å². The van der Waals surface area contributed by atoms with Gasteiger partial charge in [0.25, 0.3) is 0 Å². The molecule has 0 fully saturated rings. The molecule has 0 rings (SSSR count). The first-order chi connectivity index (χ1) is 1.41. The summed E-state index contributed by atoms with van der Waals surface area (Å²) in [5, 5.41) is 14.0. The molecule has 0 aromatic heterocycles. The largest absolute Gasteiger partial charge is 0.482 e. The van der Waals surface area contributed by atoms with Gasteiger partial charge in [0.2, 0.25) is 0 Å². The van der Waals surface area contributed by atoms with Gasteiger partial charge in [-0.3, -0.25) is 0 Å². The third-order valence-electron chi connectivity index (χ3n) is 0. The molecule has 0 bridgehead atoms. The normalized spacial score (nSPS) is 3.50. The van der Waals surface area contributed by atoms with Gasteiger partial charge in [-0.15, -0.1) is 0 Å². The second-order valence-corrected chi connectivity index (χ2v) is 0.115. The zero-order valence-corrected chi connectivity index (χ0v) is 1.97. The zero-order chi connectivity index (χ0) is 2.71. The van der Waals surface area contributed by atoms with Crippen molar-refractivity contribution in [2.75, 3.05) is 0 Å². The van der Waals surface area contributed by atoms with Gasteiger partial charge in [0, 0.05) is 0 Å². The van der Waals surface area contributed by atoms with Gasteiger partial charge in [0.1, 0.15) is 0 Å². The smallest absolute Gasteiger partial charge is 0.429 e. The maximum atomic E-state index is 7.00. The molecule has 0 aliphatic carbocycles. The minimum absolute atomic E-state index is 0. The Kier molecular flexibility index (Phi) is 28.2. The Balaban J connectivity index is 0. The summed E-state index contributed by atoms with van der Waals surface area (Å²) in [6.07, 6.45) is 0. The Morgan fingerprint density at radius 2 is 1.25 bits per heavy atom. The van der Waals surface area contributed by atoms with Gasteiger partial charge >= 0.3 is 7.69 Å². The highest BCUT2D eigenvalue weighted by Crippen LogP contribution is 1.08. The van der Waals surface area contributed by atoms with Gasteiger partial charge in [0.05, 0.1) is 0 Å². The molecule has 0 atom stereocenters. The van der Waals surface area contributed by atoms with Gasteiger partial charge < -0.3 is 15.5 Å². The van der Waals surface area contributed by atoms with Gasteiger partial charge in [-0.05, 0) is 0 Å². The van der Waals surface area contributed by atoms with E-state index in [0.717, 1.165) is 0 Å². The summed E-state index contributed by atoms with van der Waals surface area (Å²) in [7, 11) is 0. The van der Waals surface area contributed by atoms with Crippen molar-refractivity contribution in [1.82, 2.24) is 0 Å². The molecule has 0 unspecified atom stereocenters. The van der Waals surface area contributed by atoms with Crippen LogP contribution in [0.15, 0.2) is 0 Å². The van der Waals surface area contributed by atoms with E-state index in [1.54, 1.807) is 0 Å². The lowest BCUT2D eigenvalue weighted by molar-refractivity contribution is 0.448. The van der Waals surface area contributed by atoms with Crippen molar-refractivity contribution in [3.63, 3.8) is 0 Å². The van der Waals surface area contributed by atoms with E-state index in [9.17, 15) is 0 Å². The summed E-state index contributed by atoms with van der Waals surface area (Å²) in [4.78, 5) is 0. The molecule has 0 aromatic rings. The number of hydrogen-bond acceptors (Lipinski definition) is 2. The summed E-state index contributed by atoms with van der Waals surface area (Å²) in [5.41, 5.74) is 0. The van der Waals surface area contributed by atoms with Crippen molar-refractivity contribution in [2.45, 2.75) is 0 Å². The fourth-order valence-corrected chi connectivity index (χ4v) is 0. The van der Waals surface area contributed by atoms with E-state index in [2.05, 4.69) is 0 Å². The highest BCUT2D eigenvalue weighted by molar-refractivity contribution is 6.13. The predicted octanol–water partition coefficient (Wildman–Crippen LogP) is -2.32. The second-order valence-electron chi connectivity index (χ2n) is 0.115. The average molecular weight is 62.8 g/mol. The summed E-state index contributed by atoms with van der Waals surface area (Å²) in [6.45, 7) is 0. The van der Waals surface area contributed by atoms with Gasteiger partial charge in [0.15, 0.2) is 0 Å². The number of rotatable bonds is 0. The molecule has 4 N–H and O–H groups in total. The Morgan fingerprint density at radius 3 is 1.25 bits per heavy atom. The molecule has 0 aliphatic heterocycles. The fourth-order valence-electron chi connectivity index (χ4n) is 0. The first kappa shape index (κ1) is 9.04. The van der Waals surface area contributed by atoms with Crippen molar-refractivity contribution in [2.24, 2.45) is 0 Å². The monoisotopic (exact) mass is 63.0 g/mol. The van der Waals surface area contributed by atoms with Crippen LogP contribution >= 0.6 is 0 Å². The maximum Gasteiger partial charge on any atom is 0.482 e. The first-order valence-corrected chi connectivity index (χ1v) is 0.516. The molecule has 0 spiro atoms. The van der Waals surface area contributed by atoms with Crippen LogP contribution in [-0.4, -0.2) is 23.2 Å². The van der Waals surface area contributed by atoms with Crippen molar-refractivity contribution in [3.8, 4) is 0 Å². The Morgan fingerprint density at radius 1 is 1.25 bits per heavy atom. The lowest BCUT2D eigenvalue weighted by atomic mass is 10.5. The van der Waals surface area contributed by atoms with Crippen LogP contribution in [0.5, 0.6) is 0 Å². The lowest BCUT2D eigenvalue weighted by Gasteiger charge is -1.46. The van der Waals surface area contributed by atoms with E-state index >= 15 is 0 Å². The average Bonchev–Trinajstić information content (AvgIpc) is 0.918. The Hall–Kier alpha value is -0.0551. The second kappa shape index (κ2) is 12.5. The molecular weight excluding hydrogens is 58.8 g/mol.